The molecule has 0 spiro atoms. The van der Waals surface area contributed by atoms with E-state index in [-0.39, 0.29) is 5.95 Å². The molecule has 0 aliphatic carbocycles. The lowest BCUT2D eigenvalue weighted by Gasteiger charge is -1.80. The summed E-state index contributed by atoms with van der Waals surface area (Å²) in [5.74, 6) is 0.0163. The smallest absolute Gasteiger partial charge is 0.328 e. The van der Waals surface area contributed by atoms with Gasteiger partial charge in [0.05, 0.1) is 0 Å². The van der Waals surface area contributed by atoms with E-state index in [9.17, 15) is 8.42 Å². The fraction of sp³-hybridized carbons (Fsp3) is 0. The van der Waals surface area contributed by atoms with Gasteiger partial charge >= 0.3 is 10.3 Å². The van der Waals surface area contributed by atoms with Crippen molar-refractivity contribution in [2.24, 2.45) is 9.63 Å². The van der Waals surface area contributed by atoms with E-state index in [0.29, 0.717) is 0 Å². The van der Waals surface area contributed by atoms with Crippen LogP contribution in [0.5, 0.6) is 0 Å². The summed E-state index contributed by atoms with van der Waals surface area (Å²) in [7, 11) is -4.40. The maximum absolute atomic E-state index is 9.98. The molecule has 2 N–H and O–H groups in total. The summed E-state index contributed by atoms with van der Waals surface area (Å²) in [4.78, 5) is 5.99. The normalized spacial score (nSPS) is 12.5. The highest BCUT2D eigenvalue weighted by molar-refractivity contribution is 7.84. The lowest BCUT2D eigenvalue weighted by Crippen LogP contribution is -1.88. The molecule has 7 nitrogen and oxygen atoms in total. The zero-order valence-electron chi connectivity index (χ0n) is 5.17. The van der Waals surface area contributed by atoms with Gasteiger partial charge in [-0.25, -0.2) is 4.98 Å². The lowest BCUT2D eigenvalue weighted by molar-refractivity contribution is 0.482. The molecular weight excluding hydrogens is 172 g/mol. The Hall–Kier alpha value is -1.28. The average molecular weight is 176 g/mol. The molecule has 0 amide bonds. The first-order valence-corrected chi connectivity index (χ1v) is 3.87. The summed E-state index contributed by atoms with van der Waals surface area (Å²) >= 11 is 0. The van der Waals surface area contributed by atoms with Crippen LogP contribution >= 0.6 is 0 Å². The first kappa shape index (κ1) is 7.82. The Kier molecular flexibility index (Phi) is 1.96. The summed E-state index contributed by atoms with van der Waals surface area (Å²) in [6.45, 7) is 0. The van der Waals surface area contributed by atoms with Gasteiger partial charge in [-0.3, -0.25) is 4.55 Å². The number of aromatic nitrogens is 2. The Morgan fingerprint density at radius 1 is 1.64 bits per heavy atom. The minimum atomic E-state index is -4.40. The predicted molar refractivity (Wildman–Crippen MR) is 34.7 cm³/mol. The van der Waals surface area contributed by atoms with Gasteiger partial charge in [0.2, 0.25) is 5.95 Å². The lowest BCUT2D eigenvalue weighted by atomic mass is 11.0. The van der Waals surface area contributed by atoms with Crippen LogP contribution in [0.1, 0.15) is 0 Å². The van der Waals surface area contributed by atoms with E-state index >= 15 is 0 Å². The summed E-state index contributed by atoms with van der Waals surface area (Å²) in [6.07, 6.45) is 2.82. The number of rotatable bonds is 2. The van der Waals surface area contributed by atoms with Crippen LogP contribution in [0.2, 0.25) is 0 Å². The second-order valence-electron chi connectivity index (χ2n) is 1.54. The molecule has 0 atom stereocenters. The van der Waals surface area contributed by atoms with E-state index in [1.54, 1.807) is 0 Å². The van der Waals surface area contributed by atoms with Gasteiger partial charge in [-0.15, -0.1) is 0 Å². The molecular formula is C3H4N4O3S. The molecule has 1 heterocycles. The molecule has 0 saturated heterocycles. The van der Waals surface area contributed by atoms with E-state index in [1.165, 1.54) is 12.4 Å². The van der Waals surface area contributed by atoms with Crippen LogP contribution in [0.25, 0.3) is 0 Å². The molecule has 0 fully saturated rings. The van der Waals surface area contributed by atoms with Gasteiger partial charge < -0.3 is 4.98 Å². The number of nitrogens with one attached hydrogen (secondary N) is 1. The highest BCUT2D eigenvalue weighted by Gasteiger charge is 1.98. The summed E-state index contributed by atoms with van der Waals surface area (Å²) < 4.78 is 30.6. The van der Waals surface area contributed by atoms with Gasteiger partial charge in [0.1, 0.15) is 0 Å². The molecule has 60 valence electrons. The van der Waals surface area contributed by atoms with Crippen LogP contribution in [0, 0.1) is 0 Å². The summed E-state index contributed by atoms with van der Waals surface area (Å²) in [5, 5.41) is 3.06. The van der Waals surface area contributed by atoms with E-state index in [1.807, 2.05) is 0 Å². The first-order chi connectivity index (χ1) is 5.08. The van der Waals surface area contributed by atoms with Crippen molar-refractivity contribution in [3.63, 3.8) is 0 Å². The zero-order chi connectivity index (χ0) is 8.32. The topological polar surface area (TPSA) is 108 Å². The predicted octanol–water partition coefficient (Wildman–Crippen LogP) is 0.296. The van der Waals surface area contributed by atoms with Crippen molar-refractivity contribution in [3.05, 3.63) is 12.4 Å². The summed E-state index contributed by atoms with van der Waals surface area (Å²) in [5.41, 5.74) is 0. The highest BCUT2D eigenvalue weighted by atomic mass is 32.2. The molecule has 0 saturated carbocycles. The third kappa shape index (κ3) is 2.87. The molecule has 1 aromatic heterocycles. The van der Waals surface area contributed by atoms with Gasteiger partial charge in [-0.1, -0.05) is 5.11 Å². The second kappa shape index (κ2) is 2.76. The second-order valence-corrected chi connectivity index (χ2v) is 2.60. The van der Waals surface area contributed by atoms with Crippen molar-refractivity contribution >= 4 is 16.3 Å². The van der Waals surface area contributed by atoms with Crippen LogP contribution in [-0.4, -0.2) is 22.9 Å². The monoisotopic (exact) mass is 176 g/mol. The van der Waals surface area contributed by atoms with Crippen molar-refractivity contribution in [3.8, 4) is 0 Å². The van der Waals surface area contributed by atoms with Gasteiger partial charge in [-0.05, 0) is 4.52 Å². The van der Waals surface area contributed by atoms with Crippen LogP contribution in [0.15, 0.2) is 22.0 Å². The number of hydrogen-bond acceptors (Lipinski definition) is 4. The van der Waals surface area contributed by atoms with E-state index < -0.39 is 10.3 Å². The van der Waals surface area contributed by atoms with Crippen molar-refractivity contribution < 1.29 is 13.0 Å². The quantitative estimate of drug-likeness (QED) is 0.498. The third-order valence-corrected chi connectivity index (χ3v) is 1.01. The minimum absolute atomic E-state index is 0.0163. The fourth-order valence-electron chi connectivity index (χ4n) is 0.402. The largest absolute Gasteiger partial charge is 0.396 e. The van der Waals surface area contributed by atoms with Crippen molar-refractivity contribution in [1.29, 1.82) is 0 Å². The maximum Gasteiger partial charge on any atom is 0.396 e. The molecule has 1 aromatic rings. The number of H-pyrrole nitrogens is 1. The SMILES string of the molecule is O=S(=O)(O)N=Nc1ncc[nH]1. The third-order valence-electron chi connectivity index (χ3n) is 0.723. The van der Waals surface area contributed by atoms with Gasteiger partial charge in [0, 0.05) is 12.4 Å². The Bertz CT molecular complexity index is 339. The molecule has 0 aliphatic rings. The molecule has 0 radical (unpaired) electrons. The number of hydrogen-bond donors (Lipinski definition) is 2. The molecule has 8 heteroatoms. The Morgan fingerprint density at radius 3 is 2.82 bits per heavy atom. The number of aromatic amines is 1. The Morgan fingerprint density at radius 2 is 2.36 bits per heavy atom. The molecule has 0 bridgehead atoms. The molecule has 0 unspecified atom stereocenters. The van der Waals surface area contributed by atoms with Gasteiger partial charge in [0.15, 0.2) is 0 Å². The molecule has 1 rings (SSSR count). The van der Waals surface area contributed by atoms with Gasteiger partial charge in [0.25, 0.3) is 0 Å². The minimum Gasteiger partial charge on any atom is -0.328 e. The van der Waals surface area contributed by atoms with Crippen LogP contribution in [0.3, 0.4) is 0 Å². The Labute approximate surface area is 62.1 Å². The van der Waals surface area contributed by atoms with Crippen molar-refractivity contribution in [2.45, 2.75) is 0 Å². The fourth-order valence-corrected chi connectivity index (χ4v) is 0.582. The van der Waals surface area contributed by atoms with Gasteiger partial charge in [-0.2, -0.15) is 8.42 Å². The van der Waals surface area contributed by atoms with Crippen molar-refractivity contribution in [2.75, 3.05) is 0 Å². The number of nitrogens with zero attached hydrogens (tertiary/aromatic N) is 3. The molecule has 0 aliphatic heterocycles. The highest BCUT2D eigenvalue weighted by Crippen LogP contribution is 2.02. The van der Waals surface area contributed by atoms with E-state index in [4.69, 9.17) is 4.55 Å². The average Bonchev–Trinajstić information content (AvgIpc) is 2.32. The molecule has 11 heavy (non-hydrogen) atoms. The van der Waals surface area contributed by atoms with E-state index in [0.717, 1.165) is 0 Å². The Balaban J connectivity index is 2.79. The van der Waals surface area contributed by atoms with Crippen molar-refractivity contribution in [1.82, 2.24) is 9.97 Å². The van der Waals surface area contributed by atoms with Crippen LogP contribution < -0.4 is 0 Å². The zero-order valence-corrected chi connectivity index (χ0v) is 5.98. The van der Waals surface area contributed by atoms with Crippen LogP contribution in [-0.2, 0) is 10.3 Å². The number of imidazole rings is 1. The standard InChI is InChI=1S/C3H4N4O3S/c8-11(9,10)7-6-3-4-1-2-5-3/h1-2H,(H,4,5)(H,8,9,10). The first-order valence-electron chi connectivity index (χ1n) is 2.48. The van der Waals surface area contributed by atoms with E-state index in [2.05, 4.69) is 19.6 Å². The summed E-state index contributed by atoms with van der Waals surface area (Å²) in [6, 6.07) is 0. The maximum atomic E-state index is 9.98. The molecule has 0 aromatic carbocycles. The van der Waals surface area contributed by atoms with Crippen LogP contribution in [0.4, 0.5) is 5.95 Å².